The monoisotopic (exact) mass is 240 g/mol. The molecule has 0 bridgehead atoms. The molecule has 2 saturated carbocycles. The summed E-state index contributed by atoms with van der Waals surface area (Å²) in [6.07, 6.45) is 3.30. The summed E-state index contributed by atoms with van der Waals surface area (Å²) < 4.78 is 0. The molecule has 2 aliphatic carbocycles. The standard InChI is InChI=1S/C13H20O4/c1-13(7-11(15)16)5-4-8-6-9(14)2-3-10(8)12(13)17/h8-10,14H,2-7H2,1H3,(H,15,16). The van der Waals surface area contributed by atoms with Crippen molar-refractivity contribution >= 4 is 11.8 Å². The molecule has 17 heavy (non-hydrogen) atoms. The summed E-state index contributed by atoms with van der Waals surface area (Å²) in [6, 6.07) is 0. The highest BCUT2D eigenvalue weighted by atomic mass is 16.4. The molecule has 0 aromatic heterocycles. The minimum absolute atomic E-state index is 0.0171. The summed E-state index contributed by atoms with van der Waals surface area (Å²) in [4.78, 5) is 23.2. The van der Waals surface area contributed by atoms with E-state index in [4.69, 9.17) is 5.11 Å². The number of aliphatic carboxylic acids is 1. The van der Waals surface area contributed by atoms with Gasteiger partial charge in [-0.1, -0.05) is 6.92 Å². The van der Waals surface area contributed by atoms with Gasteiger partial charge in [0.1, 0.15) is 5.78 Å². The van der Waals surface area contributed by atoms with E-state index in [9.17, 15) is 14.7 Å². The quantitative estimate of drug-likeness (QED) is 0.769. The molecule has 4 heteroatoms. The Bertz CT molecular complexity index is 338. The third-order valence-electron chi connectivity index (χ3n) is 4.49. The highest BCUT2D eigenvalue weighted by Crippen LogP contribution is 2.47. The van der Waals surface area contributed by atoms with Gasteiger partial charge < -0.3 is 10.2 Å². The van der Waals surface area contributed by atoms with Crippen molar-refractivity contribution in [3.05, 3.63) is 0 Å². The fourth-order valence-corrected chi connectivity index (χ4v) is 3.49. The van der Waals surface area contributed by atoms with Gasteiger partial charge >= 0.3 is 5.97 Å². The topological polar surface area (TPSA) is 74.6 Å². The summed E-state index contributed by atoms with van der Waals surface area (Å²) in [5, 5.41) is 18.5. The maximum absolute atomic E-state index is 12.4. The Morgan fingerprint density at radius 1 is 1.41 bits per heavy atom. The van der Waals surface area contributed by atoms with Crippen LogP contribution in [0.15, 0.2) is 0 Å². The van der Waals surface area contributed by atoms with Crippen molar-refractivity contribution in [2.75, 3.05) is 0 Å². The minimum Gasteiger partial charge on any atom is -0.481 e. The van der Waals surface area contributed by atoms with Gasteiger partial charge in [0.05, 0.1) is 12.5 Å². The van der Waals surface area contributed by atoms with E-state index in [2.05, 4.69) is 0 Å². The van der Waals surface area contributed by atoms with Crippen molar-refractivity contribution in [3.8, 4) is 0 Å². The number of aliphatic hydroxyl groups is 1. The molecule has 4 nitrogen and oxygen atoms in total. The van der Waals surface area contributed by atoms with Crippen LogP contribution in [0, 0.1) is 17.3 Å². The average molecular weight is 240 g/mol. The second-order valence-electron chi connectivity index (χ2n) is 5.87. The van der Waals surface area contributed by atoms with Gasteiger partial charge in [-0.2, -0.15) is 0 Å². The zero-order chi connectivity index (χ0) is 12.6. The highest BCUT2D eigenvalue weighted by Gasteiger charge is 2.48. The molecule has 96 valence electrons. The number of Topliss-reactive ketones (excluding diaryl/α,β-unsaturated/α-hetero) is 1. The SMILES string of the molecule is CC1(CC(=O)O)CCC2CC(O)CCC2C1=O. The smallest absolute Gasteiger partial charge is 0.304 e. The fraction of sp³-hybridized carbons (Fsp3) is 0.846. The molecule has 0 saturated heterocycles. The zero-order valence-electron chi connectivity index (χ0n) is 10.2. The van der Waals surface area contributed by atoms with Gasteiger partial charge in [-0.15, -0.1) is 0 Å². The van der Waals surface area contributed by atoms with Gasteiger partial charge in [0.15, 0.2) is 0 Å². The summed E-state index contributed by atoms with van der Waals surface area (Å²) in [7, 11) is 0. The van der Waals surface area contributed by atoms with E-state index in [0.717, 1.165) is 12.8 Å². The van der Waals surface area contributed by atoms with Crippen LogP contribution in [0.2, 0.25) is 0 Å². The first-order valence-electron chi connectivity index (χ1n) is 6.36. The number of aliphatic hydroxyl groups excluding tert-OH is 1. The Kier molecular flexibility index (Phi) is 3.25. The summed E-state index contributed by atoms with van der Waals surface area (Å²) in [5.41, 5.74) is -0.685. The number of rotatable bonds is 2. The maximum atomic E-state index is 12.4. The summed E-state index contributed by atoms with van der Waals surface area (Å²) >= 11 is 0. The Morgan fingerprint density at radius 2 is 2.12 bits per heavy atom. The summed E-state index contributed by atoms with van der Waals surface area (Å²) in [6.45, 7) is 1.78. The number of carbonyl (C=O) groups is 2. The van der Waals surface area contributed by atoms with Gasteiger partial charge in [-0.25, -0.2) is 0 Å². The normalized spacial score (nSPS) is 42.0. The van der Waals surface area contributed by atoms with Crippen molar-refractivity contribution < 1.29 is 19.8 Å². The Labute approximate surface area is 101 Å². The first kappa shape index (κ1) is 12.6. The fourth-order valence-electron chi connectivity index (χ4n) is 3.49. The third kappa shape index (κ3) is 2.37. The molecule has 2 rings (SSSR count). The number of carboxylic acids is 1. The maximum Gasteiger partial charge on any atom is 0.304 e. The number of carbonyl (C=O) groups excluding carboxylic acids is 1. The van der Waals surface area contributed by atoms with Gasteiger partial charge in [-0.3, -0.25) is 9.59 Å². The van der Waals surface area contributed by atoms with E-state index < -0.39 is 11.4 Å². The number of ketones is 1. The van der Waals surface area contributed by atoms with E-state index >= 15 is 0 Å². The highest BCUT2D eigenvalue weighted by molar-refractivity contribution is 5.91. The molecule has 4 atom stereocenters. The molecule has 2 fully saturated rings. The number of carboxylic acid groups (broad SMARTS) is 1. The molecular weight excluding hydrogens is 220 g/mol. The van der Waals surface area contributed by atoms with Crippen LogP contribution in [0.3, 0.4) is 0 Å². The van der Waals surface area contributed by atoms with E-state index in [1.807, 2.05) is 0 Å². The van der Waals surface area contributed by atoms with Crippen molar-refractivity contribution in [3.63, 3.8) is 0 Å². The molecule has 0 spiro atoms. The Balaban J connectivity index is 2.12. The van der Waals surface area contributed by atoms with E-state index in [1.54, 1.807) is 6.92 Å². The predicted octanol–water partition coefficient (Wildman–Crippen LogP) is 1.61. The van der Waals surface area contributed by atoms with Crippen LogP contribution in [0.5, 0.6) is 0 Å². The number of fused-ring (bicyclic) bond motifs is 1. The van der Waals surface area contributed by atoms with Crippen LogP contribution >= 0.6 is 0 Å². The van der Waals surface area contributed by atoms with Crippen molar-refractivity contribution in [1.29, 1.82) is 0 Å². The molecular formula is C13H20O4. The number of hydrogen-bond donors (Lipinski definition) is 2. The van der Waals surface area contributed by atoms with E-state index in [-0.39, 0.29) is 30.1 Å². The molecule has 0 aliphatic heterocycles. The second kappa shape index (κ2) is 4.41. The van der Waals surface area contributed by atoms with Gasteiger partial charge in [0.25, 0.3) is 0 Å². The lowest BCUT2D eigenvalue weighted by Gasteiger charge is -2.44. The lowest BCUT2D eigenvalue weighted by Crippen LogP contribution is -2.46. The Hall–Kier alpha value is -0.900. The average Bonchev–Trinajstić information content (AvgIpc) is 2.23. The molecule has 0 heterocycles. The molecule has 4 unspecified atom stereocenters. The summed E-state index contributed by atoms with van der Waals surface area (Å²) in [5.74, 6) is -0.525. The Morgan fingerprint density at radius 3 is 2.76 bits per heavy atom. The minimum atomic E-state index is -0.893. The van der Waals surface area contributed by atoms with Crippen molar-refractivity contribution in [2.24, 2.45) is 17.3 Å². The van der Waals surface area contributed by atoms with Crippen LogP contribution in [-0.2, 0) is 9.59 Å². The number of hydrogen-bond acceptors (Lipinski definition) is 3. The molecule has 0 amide bonds. The van der Waals surface area contributed by atoms with Crippen LogP contribution in [-0.4, -0.2) is 28.1 Å². The molecule has 0 radical (unpaired) electrons. The third-order valence-corrected chi connectivity index (χ3v) is 4.49. The van der Waals surface area contributed by atoms with Crippen molar-refractivity contribution in [2.45, 2.75) is 51.6 Å². The van der Waals surface area contributed by atoms with Crippen molar-refractivity contribution in [1.82, 2.24) is 0 Å². The lowest BCUT2D eigenvalue weighted by molar-refractivity contribution is -0.150. The van der Waals surface area contributed by atoms with Crippen LogP contribution < -0.4 is 0 Å². The zero-order valence-corrected chi connectivity index (χ0v) is 10.2. The van der Waals surface area contributed by atoms with E-state index in [1.165, 1.54) is 0 Å². The van der Waals surface area contributed by atoms with E-state index in [0.29, 0.717) is 19.3 Å². The lowest BCUT2D eigenvalue weighted by atomic mass is 9.59. The van der Waals surface area contributed by atoms with Gasteiger partial charge in [0.2, 0.25) is 0 Å². The van der Waals surface area contributed by atoms with Crippen LogP contribution in [0.1, 0.15) is 45.4 Å². The van der Waals surface area contributed by atoms with Gasteiger partial charge in [0, 0.05) is 11.3 Å². The molecule has 2 N–H and O–H groups in total. The largest absolute Gasteiger partial charge is 0.481 e. The first-order valence-corrected chi connectivity index (χ1v) is 6.36. The second-order valence-corrected chi connectivity index (χ2v) is 5.87. The first-order chi connectivity index (χ1) is 7.92. The molecule has 0 aromatic carbocycles. The molecule has 0 aromatic rings. The predicted molar refractivity (Wildman–Crippen MR) is 61.4 cm³/mol. The van der Waals surface area contributed by atoms with Crippen LogP contribution in [0.4, 0.5) is 0 Å². The van der Waals surface area contributed by atoms with Gasteiger partial charge in [-0.05, 0) is 38.0 Å². The van der Waals surface area contributed by atoms with Crippen LogP contribution in [0.25, 0.3) is 0 Å². The molecule has 2 aliphatic rings.